The van der Waals surface area contributed by atoms with Crippen LogP contribution in [0.15, 0.2) is 33.3 Å². The van der Waals surface area contributed by atoms with Gasteiger partial charge >= 0.3 is 0 Å². The minimum absolute atomic E-state index is 0.189. The van der Waals surface area contributed by atoms with Gasteiger partial charge in [-0.25, -0.2) is 10.4 Å². The van der Waals surface area contributed by atoms with Gasteiger partial charge in [0.25, 0.3) is 0 Å². The fraction of sp³-hybridized carbons (Fsp3) is 0.250. The molecule has 0 aliphatic rings. The number of aryl methyl sites for hydroxylation is 1. The molecule has 0 aromatic carbocycles. The topological polar surface area (TPSA) is 67.5 Å². The molecule has 0 saturated heterocycles. The summed E-state index contributed by atoms with van der Waals surface area (Å²) in [7, 11) is 0. The largest absolute Gasteiger partial charge is 0.463 e. The third kappa shape index (κ3) is 3.27. The van der Waals surface area contributed by atoms with E-state index in [-0.39, 0.29) is 12.3 Å². The van der Waals surface area contributed by atoms with Crippen molar-refractivity contribution < 1.29 is 9.21 Å². The third-order valence-corrected chi connectivity index (χ3v) is 3.06. The Morgan fingerprint density at radius 3 is 3.06 bits per heavy atom. The predicted molar refractivity (Wildman–Crippen MR) is 69.6 cm³/mol. The Hall–Kier alpha value is -1.95. The fourth-order valence-electron chi connectivity index (χ4n) is 1.38. The van der Waals surface area contributed by atoms with Gasteiger partial charge in [0.15, 0.2) is 0 Å². The zero-order valence-corrected chi connectivity index (χ0v) is 11.0. The van der Waals surface area contributed by atoms with Crippen molar-refractivity contribution in [2.45, 2.75) is 20.3 Å². The first-order valence-corrected chi connectivity index (χ1v) is 6.31. The molecule has 0 fully saturated rings. The van der Waals surface area contributed by atoms with E-state index in [4.69, 9.17) is 4.42 Å². The summed E-state index contributed by atoms with van der Waals surface area (Å²) in [5, 5.41) is 6.79. The molecule has 18 heavy (non-hydrogen) atoms. The van der Waals surface area contributed by atoms with E-state index in [9.17, 15) is 4.79 Å². The lowest BCUT2D eigenvalue weighted by Crippen LogP contribution is -2.21. The highest BCUT2D eigenvalue weighted by molar-refractivity contribution is 7.09. The maximum absolute atomic E-state index is 11.6. The van der Waals surface area contributed by atoms with E-state index in [0.29, 0.717) is 11.5 Å². The highest BCUT2D eigenvalue weighted by Crippen LogP contribution is 2.08. The summed E-state index contributed by atoms with van der Waals surface area (Å²) in [6, 6.07) is 3.56. The Morgan fingerprint density at radius 2 is 2.44 bits per heavy atom. The van der Waals surface area contributed by atoms with Gasteiger partial charge in [0.1, 0.15) is 11.5 Å². The summed E-state index contributed by atoms with van der Waals surface area (Å²) in [5.41, 5.74) is 3.87. The number of thiazole rings is 1. The van der Waals surface area contributed by atoms with Gasteiger partial charge in [-0.1, -0.05) is 0 Å². The average molecular weight is 263 g/mol. The molecule has 2 rings (SSSR count). The Morgan fingerprint density at radius 1 is 1.61 bits per heavy atom. The second-order valence-electron chi connectivity index (χ2n) is 3.74. The molecule has 1 amide bonds. The summed E-state index contributed by atoms with van der Waals surface area (Å²) in [6.45, 7) is 3.68. The number of nitrogens with one attached hydrogen (secondary N) is 1. The minimum atomic E-state index is -0.189. The molecule has 2 aromatic heterocycles. The fourth-order valence-corrected chi connectivity index (χ4v) is 1.99. The first-order valence-electron chi connectivity index (χ1n) is 5.43. The van der Waals surface area contributed by atoms with Crippen molar-refractivity contribution in [2.24, 2.45) is 5.10 Å². The smallest absolute Gasteiger partial charge is 0.246 e. The summed E-state index contributed by atoms with van der Waals surface area (Å²) < 4.78 is 5.16. The maximum atomic E-state index is 11.6. The van der Waals surface area contributed by atoms with Crippen LogP contribution in [-0.2, 0) is 11.2 Å². The number of hydrazone groups is 1. The number of amides is 1. The summed E-state index contributed by atoms with van der Waals surface area (Å²) >= 11 is 1.53. The van der Waals surface area contributed by atoms with Gasteiger partial charge < -0.3 is 4.42 Å². The van der Waals surface area contributed by atoms with Gasteiger partial charge in [0, 0.05) is 5.38 Å². The highest BCUT2D eigenvalue weighted by Gasteiger charge is 2.06. The highest BCUT2D eigenvalue weighted by atomic mass is 32.1. The molecule has 2 heterocycles. The number of furan rings is 1. The lowest BCUT2D eigenvalue weighted by molar-refractivity contribution is -0.120. The van der Waals surface area contributed by atoms with Gasteiger partial charge in [-0.05, 0) is 26.0 Å². The van der Waals surface area contributed by atoms with Crippen LogP contribution in [0.25, 0.3) is 0 Å². The van der Waals surface area contributed by atoms with Crippen molar-refractivity contribution in [1.29, 1.82) is 0 Å². The van der Waals surface area contributed by atoms with Crippen LogP contribution in [0.5, 0.6) is 0 Å². The van der Waals surface area contributed by atoms with Crippen LogP contribution in [0.1, 0.15) is 23.4 Å². The van der Waals surface area contributed by atoms with Crippen LogP contribution in [0.3, 0.4) is 0 Å². The number of carbonyl (C=O) groups excluding carboxylic acids is 1. The van der Waals surface area contributed by atoms with Crippen molar-refractivity contribution in [3.8, 4) is 0 Å². The van der Waals surface area contributed by atoms with Crippen LogP contribution in [0.2, 0.25) is 0 Å². The van der Waals surface area contributed by atoms with Crippen LogP contribution < -0.4 is 5.43 Å². The zero-order chi connectivity index (χ0) is 13.0. The molecule has 0 saturated carbocycles. The van der Waals surface area contributed by atoms with E-state index in [0.717, 1.165) is 10.7 Å². The SMILES string of the molecule is C/C(=N/NC(=O)Cc1csc(C)n1)c1ccco1. The molecular weight excluding hydrogens is 250 g/mol. The van der Waals surface area contributed by atoms with Crippen LogP contribution >= 0.6 is 11.3 Å². The molecule has 0 unspecified atom stereocenters. The quantitative estimate of drug-likeness (QED) is 0.678. The lowest BCUT2D eigenvalue weighted by Gasteiger charge is -1.99. The van der Waals surface area contributed by atoms with E-state index >= 15 is 0 Å². The Bertz CT molecular complexity index is 558. The predicted octanol–water partition coefficient (Wildman–Crippen LogP) is 2.13. The molecule has 1 N–H and O–H groups in total. The number of hydrogen-bond donors (Lipinski definition) is 1. The van der Waals surface area contributed by atoms with Crippen LogP contribution in [-0.4, -0.2) is 16.6 Å². The van der Waals surface area contributed by atoms with Crippen molar-refractivity contribution in [3.63, 3.8) is 0 Å². The van der Waals surface area contributed by atoms with Gasteiger partial charge in [-0.2, -0.15) is 5.10 Å². The molecule has 0 bridgehead atoms. The lowest BCUT2D eigenvalue weighted by atomic mass is 10.3. The van der Waals surface area contributed by atoms with Crippen molar-refractivity contribution in [1.82, 2.24) is 10.4 Å². The van der Waals surface area contributed by atoms with Crippen molar-refractivity contribution in [3.05, 3.63) is 40.2 Å². The van der Waals surface area contributed by atoms with Gasteiger partial charge in [-0.15, -0.1) is 11.3 Å². The van der Waals surface area contributed by atoms with E-state index in [1.165, 1.54) is 11.3 Å². The zero-order valence-electron chi connectivity index (χ0n) is 10.1. The molecule has 0 aliphatic heterocycles. The van der Waals surface area contributed by atoms with E-state index in [1.807, 2.05) is 12.3 Å². The molecule has 94 valence electrons. The van der Waals surface area contributed by atoms with Crippen LogP contribution in [0, 0.1) is 6.92 Å². The van der Waals surface area contributed by atoms with E-state index < -0.39 is 0 Å². The molecule has 0 radical (unpaired) electrons. The molecular formula is C12H13N3O2S. The monoisotopic (exact) mass is 263 g/mol. The number of aromatic nitrogens is 1. The first-order chi connectivity index (χ1) is 8.65. The summed E-state index contributed by atoms with van der Waals surface area (Å²) in [4.78, 5) is 15.8. The normalized spacial score (nSPS) is 11.6. The van der Waals surface area contributed by atoms with Gasteiger partial charge in [-0.3, -0.25) is 4.79 Å². The van der Waals surface area contributed by atoms with E-state index in [1.54, 1.807) is 25.3 Å². The minimum Gasteiger partial charge on any atom is -0.463 e. The maximum Gasteiger partial charge on any atom is 0.246 e. The van der Waals surface area contributed by atoms with E-state index in [2.05, 4.69) is 15.5 Å². The second-order valence-corrected chi connectivity index (χ2v) is 4.81. The average Bonchev–Trinajstić information content (AvgIpc) is 2.97. The number of rotatable bonds is 4. The molecule has 6 heteroatoms. The number of hydrogen-bond acceptors (Lipinski definition) is 5. The number of carbonyl (C=O) groups is 1. The van der Waals surface area contributed by atoms with Crippen molar-refractivity contribution >= 4 is 23.0 Å². The molecule has 0 spiro atoms. The number of nitrogens with zero attached hydrogens (tertiary/aromatic N) is 2. The van der Waals surface area contributed by atoms with Crippen LogP contribution in [0.4, 0.5) is 0 Å². The molecule has 0 aliphatic carbocycles. The summed E-state index contributed by atoms with van der Waals surface area (Å²) in [5.74, 6) is 0.450. The standard InChI is InChI=1S/C12H13N3O2S/c1-8(11-4-3-5-17-11)14-15-12(16)6-10-7-18-9(2)13-10/h3-5,7H,6H2,1-2H3,(H,15,16)/b14-8-. The summed E-state index contributed by atoms with van der Waals surface area (Å²) in [6.07, 6.45) is 1.80. The molecule has 2 aromatic rings. The van der Waals surface area contributed by atoms with Crippen molar-refractivity contribution in [2.75, 3.05) is 0 Å². The van der Waals surface area contributed by atoms with Gasteiger partial charge in [0.05, 0.1) is 23.4 Å². The first kappa shape index (κ1) is 12.5. The Balaban J connectivity index is 1.90. The Kier molecular flexibility index (Phi) is 3.88. The second kappa shape index (κ2) is 5.59. The Labute approximate surface area is 109 Å². The third-order valence-electron chi connectivity index (χ3n) is 2.23. The molecule has 5 nitrogen and oxygen atoms in total. The van der Waals surface area contributed by atoms with Gasteiger partial charge in [0.2, 0.25) is 5.91 Å². The molecule has 0 atom stereocenters.